The van der Waals surface area contributed by atoms with Crippen LogP contribution in [-0.2, 0) is 9.53 Å². The molecule has 5 nitrogen and oxygen atoms in total. The van der Waals surface area contributed by atoms with Gasteiger partial charge in [0.25, 0.3) is 0 Å². The summed E-state index contributed by atoms with van der Waals surface area (Å²) in [6.45, 7) is 0. The van der Waals surface area contributed by atoms with E-state index in [2.05, 4.69) is 0 Å². The third-order valence-corrected chi connectivity index (χ3v) is 6.84. The molecule has 2 aliphatic carbocycles. The van der Waals surface area contributed by atoms with Crippen molar-refractivity contribution in [3.05, 3.63) is 121 Å². The highest BCUT2D eigenvalue weighted by Crippen LogP contribution is 2.51. The van der Waals surface area contributed by atoms with Gasteiger partial charge in [0.05, 0.1) is 17.1 Å². The Labute approximate surface area is 203 Å². The second-order valence-electron chi connectivity index (χ2n) is 8.09. The van der Waals surface area contributed by atoms with Crippen LogP contribution < -0.4 is 0 Å². The highest BCUT2D eigenvalue weighted by atomic mass is 35.5. The molecule has 0 bridgehead atoms. The van der Waals surface area contributed by atoms with Gasteiger partial charge in [0.2, 0.25) is 17.3 Å². The number of benzene rings is 3. The summed E-state index contributed by atoms with van der Waals surface area (Å²) in [5, 5.41) is 0.549. The zero-order valence-corrected chi connectivity index (χ0v) is 18.7. The van der Waals surface area contributed by atoms with Gasteiger partial charge in [0.1, 0.15) is 5.76 Å². The fourth-order valence-corrected chi connectivity index (χ4v) is 5.29. The third kappa shape index (κ3) is 2.74. The van der Waals surface area contributed by atoms with Gasteiger partial charge >= 0.3 is 0 Å². The van der Waals surface area contributed by atoms with Crippen LogP contribution in [0.5, 0.6) is 0 Å². The minimum atomic E-state index is -1.09. The number of carbonyl (C=O) groups excluding carboxylic acids is 4. The minimum absolute atomic E-state index is 0.0211. The Balaban J connectivity index is 1.69. The number of halogens is 2. The van der Waals surface area contributed by atoms with E-state index in [4.69, 9.17) is 27.9 Å². The Morgan fingerprint density at radius 1 is 0.588 bits per heavy atom. The van der Waals surface area contributed by atoms with E-state index in [1.54, 1.807) is 54.6 Å². The smallest absolute Gasteiger partial charge is 0.234 e. The Morgan fingerprint density at radius 3 is 1.79 bits per heavy atom. The predicted octanol–water partition coefficient (Wildman–Crippen LogP) is 5.62. The van der Waals surface area contributed by atoms with Gasteiger partial charge in [-0.05, 0) is 17.7 Å². The molecule has 1 heterocycles. The van der Waals surface area contributed by atoms with Crippen LogP contribution in [0, 0.1) is 0 Å². The lowest BCUT2D eigenvalue weighted by Gasteiger charge is -2.36. The molecule has 0 amide bonds. The Kier molecular flexibility index (Phi) is 4.49. The molecule has 0 aromatic heterocycles. The van der Waals surface area contributed by atoms with E-state index in [-0.39, 0.29) is 44.4 Å². The van der Waals surface area contributed by atoms with E-state index in [0.717, 1.165) is 0 Å². The summed E-state index contributed by atoms with van der Waals surface area (Å²) in [6.07, 6.45) is 0. The first-order chi connectivity index (χ1) is 16.4. The number of fused-ring (bicyclic) bond motifs is 3. The average Bonchev–Trinajstić information content (AvgIpc) is 2.85. The number of rotatable bonds is 1. The molecule has 0 saturated heterocycles. The summed E-state index contributed by atoms with van der Waals surface area (Å²) >= 11 is 12.6. The van der Waals surface area contributed by atoms with Gasteiger partial charge in [-0.15, -0.1) is 0 Å². The Bertz CT molecular complexity index is 1580. The lowest BCUT2D eigenvalue weighted by Crippen LogP contribution is -2.36. The van der Waals surface area contributed by atoms with Crippen molar-refractivity contribution >= 4 is 52.1 Å². The molecular formula is C27H12Cl2O5. The largest absolute Gasteiger partial charge is 0.452 e. The highest BCUT2D eigenvalue weighted by molar-refractivity contribution is 6.53. The van der Waals surface area contributed by atoms with Crippen molar-refractivity contribution in [2.24, 2.45) is 0 Å². The Morgan fingerprint density at radius 2 is 1.15 bits per heavy atom. The van der Waals surface area contributed by atoms with Crippen LogP contribution in [0.15, 0.2) is 83.6 Å². The molecule has 0 fully saturated rings. The monoisotopic (exact) mass is 486 g/mol. The zero-order valence-electron chi connectivity index (χ0n) is 17.2. The summed E-state index contributed by atoms with van der Waals surface area (Å²) < 4.78 is 6.04. The predicted molar refractivity (Wildman–Crippen MR) is 125 cm³/mol. The van der Waals surface area contributed by atoms with E-state index < -0.39 is 29.1 Å². The van der Waals surface area contributed by atoms with Crippen LogP contribution in [0.1, 0.15) is 48.1 Å². The summed E-state index contributed by atoms with van der Waals surface area (Å²) in [6, 6.07) is 17.6. The van der Waals surface area contributed by atoms with Crippen LogP contribution in [0.4, 0.5) is 0 Å². The molecule has 6 rings (SSSR count). The first kappa shape index (κ1) is 20.8. The maximum Gasteiger partial charge on any atom is 0.234 e. The number of hydrogen-bond acceptors (Lipinski definition) is 5. The summed E-state index contributed by atoms with van der Waals surface area (Å²) in [5.41, 5.74) is 1.29. The number of carbonyl (C=O) groups is 4. The molecule has 34 heavy (non-hydrogen) atoms. The summed E-state index contributed by atoms with van der Waals surface area (Å²) in [7, 11) is 0. The van der Waals surface area contributed by atoms with Crippen molar-refractivity contribution in [1.82, 2.24) is 0 Å². The van der Waals surface area contributed by atoms with Crippen molar-refractivity contribution < 1.29 is 23.9 Å². The minimum Gasteiger partial charge on any atom is -0.452 e. The molecule has 164 valence electrons. The van der Waals surface area contributed by atoms with E-state index in [9.17, 15) is 19.2 Å². The van der Waals surface area contributed by atoms with Crippen LogP contribution in [-0.4, -0.2) is 23.1 Å². The molecule has 1 atom stereocenters. The fourth-order valence-electron chi connectivity index (χ4n) is 4.77. The number of allylic oxidation sites excluding steroid dienone is 3. The molecular weight excluding hydrogens is 475 g/mol. The van der Waals surface area contributed by atoms with Gasteiger partial charge in [-0.1, -0.05) is 77.8 Å². The number of ether oxygens (including phenoxy) is 1. The molecule has 1 aliphatic heterocycles. The van der Waals surface area contributed by atoms with Crippen molar-refractivity contribution in [1.29, 1.82) is 0 Å². The maximum atomic E-state index is 13.7. The molecule has 3 aliphatic rings. The number of hydrogen-bond donors (Lipinski definition) is 0. The molecule has 0 radical (unpaired) electrons. The van der Waals surface area contributed by atoms with Crippen LogP contribution >= 0.6 is 23.2 Å². The first-order valence-electron chi connectivity index (χ1n) is 10.4. The van der Waals surface area contributed by atoms with E-state index in [1.165, 1.54) is 12.1 Å². The van der Waals surface area contributed by atoms with E-state index in [1.807, 2.05) is 0 Å². The molecule has 0 spiro atoms. The van der Waals surface area contributed by atoms with Crippen molar-refractivity contribution in [2.45, 2.75) is 5.92 Å². The molecule has 7 heteroatoms. The molecule has 3 aromatic carbocycles. The second-order valence-corrected chi connectivity index (χ2v) is 8.94. The maximum absolute atomic E-state index is 13.7. The average molecular weight is 487 g/mol. The van der Waals surface area contributed by atoms with Crippen LogP contribution in [0.25, 0.3) is 5.76 Å². The molecule has 1 unspecified atom stereocenters. The standard InChI is InChI=1S/C27H12Cl2O5/c28-12-9-10-17(18(29)11-12)19-20-22(30)13-5-1-2-6-14(13)24(32)27(20)34-26-16-8-4-3-7-15(16)23(31)25(33)21(19)26/h1-11,19H. The topological polar surface area (TPSA) is 77.5 Å². The Hall–Kier alpha value is -3.80. The van der Waals surface area contributed by atoms with Gasteiger partial charge in [-0.3, -0.25) is 19.2 Å². The SMILES string of the molecule is O=C1C(=O)c2ccccc2C2=C1C(c1ccc(Cl)cc1Cl)C1=C(O2)C(=O)c2ccccc2C1=O. The third-order valence-electron chi connectivity index (χ3n) is 6.28. The van der Waals surface area contributed by atoms with E-state index >= 15 is 0 Å². The summed E-state index contributed by atoms with van der Waals surface area (Å²) in [4.78, 5) is 53.6. The number of Topliss-reactive ketones (excluding diaryl/α,β-unsaturated/α-hetero) is 4. The molecule has 3 aromatic rings. The van der Waals surface area contributed by atoms with Crippen LogP contribution in [0.2, 0.25) is 10.0 Å². The van der Waals surface area contributed by atoms with Gasteiger partial charge in [-0.2, -0.15) is 0 Å². The van der Waals surface area contributed by atoms with Crippen molar-refractivity contribution in [3.63, 3.8) is 0 Å². The zero-order chi connectivity index (χ0) is 23.7. The molecule has 0 N–H and O–H groups in total. The van der Waals surface area contributed by atoms with Gasteiger partial charge in [0, 0.05) is 32.3 Å². The molecule has 0 saturated carbocycles. The number of ketones is 4. The quantitative estimate of drug-likeness (QED) is 0.417. The van der Waals surface area contributed by atoms with E-state index in [0.29, 0.717) is 16.1 Å². The van der Waals surface area contributed by atoms with Gasteiger partial charge in [0.15, 0.2) is 11.5 Å². The first-order valence-corrected chi connectivity index (χ1v) is 11.1. The van der Waals surface area contributed by atoms with Crippen molar-refractivity contribution in [2.75, 3.05) is 0 Å². The van der Waals surface area contributed by atoms with Gasteiger partial charge in [-0.25, -0.2) is 0 Å². The van der Waals surface area contributed by atoms with Gasteiger partial charge < -0.3 is 4.74 Å². The lowest BCUT2D eigenvalue weighted by molar-refractivity contribution is -0.112. The normalized spacial score (nSPS) is 18.8. The summed E-state index contributed by atoms with van der Waals surface area (Å²) in [5.74, 6) is -3.65. The highest BCUT2D eigenvalue weighted by Gasteiger charge is 2.49. The second kappa shape index (κ2) is 7.35. The lowest BCUT2D eigenvalue weighted by atomic mass is 9.70. The van der Waals surface area contributed by atoms with Crippen LogP contribution in [0.3, 0.4) is 0 Å². The van der Waals surface area contributed by atoms with Crippen molar-refractivity contribution in [3.8, 4) is 0 Å². The fraction of sp³-hybridized carbons (Fsp3) is 0.0370.